The molecule has 1 aliphatic carbocycles. The maximum absolute atomic E-state index is 12.1. The molecule has 0 aromatic rings. The monoisotopic (exact) mass is 334 g/mol. The molecular formula is C19H30N2O3. The first kappa shape index (κ1) is 18.7. The predicted molar refractivity (Wildman–Crippen MR) is 95.2 cm³/mol. The SMILES string of the molecule is CC(C)C(=O)N1CCC(CN=CC2=C(O)CC(C)(C)CC2=O)CC1. The number of likely N-dealkylation sites (tertiary alicyclic amines) is 1. The molecule has 24 heavy (non-hydrogen) atoms. The lowest BCUT2D eigenvalue weighted by Gasteiger charge is -2.32. The van der Waals surface area contributed by atoms with E-state index >= 15 is 0 Å². The van der Waals surface area contributed by atoms with Gasteiger partial charge < -0.3 is 10.0 Å². The van der Waals surface area contributed by atoms with Gasteiger partial charge in [-0.25, -0.2) is 0 Å². The first-order valence-electron chi connectivity index (χ1n) is 8.93. The fourth-order valence-corrected chi connectivity index (χ4v) is 3.44. The third-order valence-electron chi connectivity index (χ3n) is 4.90. The quantitative estimate of drug-likeness (QED) is 0.803. The number of carbonyl (C=O) groups is 2. The van der Waals surface area contributed by atoms with Gasteiger partial charge in [0.05, 0.1) is 5.57 Å². The molecular weight excluding hydrogens is 304 g/mol. The van der Waals surface area contributed by atoms with Gasteiger partial charge >= 0.3 is 0 Å². The number of piperidine rings is 1. The van der Waals surface area contributed by atoms with Crippen LogP contribution in [0.1, 0.15) is 53.4 Å². The fraction of sp³-hybridized carbons (Fsp3) is 0.737. The molecule has 0 aromatic heterocycles. The Morgan fingerprint density at radius 3 is 2.50 bits per heavy atom. The Balaban J connectivity index is 1.85. The van der Waals surface area contributed by atoms with Crippen molar-refractivity contribution in [2.24, 2.45) is 22.2 Å². The third kappa shape index (κ3) is 4.68. The number of aliphatic imine (C=N–C) groups is 1. The topological polar surface area (TPSA) is 70.0 Å². The molecule has 0 aromatic carbocycles. The zero-order valence-corrected chi connectivity index (χ0v) is 15.3. The summed E-state index contributed by atoms with van der Waals surface area (Å²) in [6, 6.07) is 0. The first-order chi connectivity index (χ1) is 11.2. The van der Waals surface area contributed by atoms with Crippen LogP contribution in [0.2, 0.25) is 0 Å². The van der Waals surface area contributed by atoms with Crippen LogP contribution < -0.4 is 0 Å². The smallest absolute Gasteiger partial charge is 0.225 e. The van der Waals surface area contributed by atoms with Crippen molar-refractivity contribution < 1.29 is 14.7 Å². The number of hydrogen-bond donors (Lipinski definition) is 1. The van der Waals surface area contributed by atoms with Crippen molar-refractivity contribution in [2.75, 3.05) is 19.6 Å². The average molecular weight is 334 g/mol. The van der Waals surface area contributed by atoms with Gasteiger partial charge in [0.2, 0.25) is 5.91 Å². The van der Waals surface area contributed by atoms with E-state index in [0.717, 1.165) is 25.9 Å². The maximum Gasteiger partial charge on any atom is 0.225 e. The Morgan fingerprint density at radius 2 is 1.96 bits per heavy atom. The number of amides is 1. The van der Waals surface area contributed by atoms with Crippen LogP contribution in [0, 0.1) is 17.3 Å². The van der Waals surface area contributed by atoms with E-state index in [1.807, 2.05) is 32.6 Å². The number of rotatable bonds is 4. The number of aliphatic hydroxyl groups excluding tert-OH is 1. The molecule has 134 valence electrons. The summed E-state index contributed by atoms with van der Waals surface area (Å²) < 4.78 is 0. The highest BCUT2D eigenvalue weighted by Gasteiger charge is 2.32. The van der Waals surface area contributed by atoms with E-state index in [4.69, 9.17) is 0 Å². The Morgan fingerprint density at radius 1 is 1.33 bits per heavy atom. The lowest BCUT2D eigenvalue weighted by atomic mass is 9.77. The van der Waals surface area contributed by atoms with Crippen molar-refractivity contribution >= 4 is 17.9 Å². The van der Waals surface area contributed by atoms with Crippen molar-refractivity contribution in [2.45, 2.75) is 53.4 Å². The van der Waals surface area contributed by atoms with E-state index in [1.165, 1.54) is 0 Å². The number of Topliss-reactive ketones (excluding diaryl/α,β-unsaturated/α-hetero) is 1. The molecule has 0 saturated carbocycles. The molecule has 5 heteroatoms. The summed E-state index contributed by atoms with van der Waals surface area (Å²) in [5, 5.41) is 10.1. The molecule has 1 amide bonds. The van der Waals surface area contributed by atoms with E-state index < -0.39 is 0 Å². The summed E-state index contributed by atoms with van der Waals surface area (Å²) >= 11 is 0. The van der Waals surface area contributed by atoms with Crippen LogP contribution in [0.4, 0.5) is 0 Å². The number of allylic oxidation sites excluding steroid dienone is 2. The number of nitrogens with zero attached hydrogens (tertiary/aromatic N) is 2. The summed E-state index contributed by atoms with van der Waals surface area (Å²) in [5.74, 6) is 0.857. The molecule has 1 saturated heterocycles. The Labute approximate surface area is 144 Å². The van der Waals surface area contributed by atoms with Gasteiger partial charge in [0.25, 0.3) is 0 Å². The highest BCUT2D eigenvalue weighted by molar-refractivity contribution is 6.14. The van der Waals surface area contributed by atoms with E-state index in [0.29, 0.717) is 30.9 Å². The average Bonchev–Trinajstić information content (AvgIpc) is 2.48. The van der Waals surface area contributed by atoms with Gasteiger partial charge in [-0.2, -0.15) is 0 Å². The first-order valence-corrected chi connectivity index (χ1v) is 8.93. The van der Waals surface area contributed by atoms with Crippen molar-refractivity contribution in [3.63, 3.8) is 0 Å². The molecule has 5 nitrogen and oxygen atoms in total. The van der Waals surface area contributed by atoms with Crippen LogP contribution in [0.5, 0.6) is 0 Å². The Hall–Kier alpha value is -1.65. The summed E-state index contributed by atoms with van der Waals surface area (Å²) in [6.07, 6.45) is 4.42. The van der Waals surface area contributed by atoms with Crippen LogP contribution in [-0.2, 0) is 9.59 Å². The summed E-state index contributed by atoms with van der Waals surface area (Å²) in [5.41, 5.74) is 0.204. The zero-order chi connectivity index (χ0) is 17.9. The number of carbonyl (C=O) groups excluding carboxylic acids is 2. The lowest BCUT2D eigenvalue weighted by molar-refractivity contribution is -0.135. The molecule has 0 radical (unpaired) electrons. The van der Waals surface area contributed by atoms with Crippen LogP contribution in [0.3, 0.4) is 0 Å². The molecule has 1 aliphatic heterocycles. The number of aliphatic hydroxyl groups is 1. The molecule has 0 bridgehead atoms. The summed E-state index contributed by atoms with van der Waals surface area (Å²) in [7, 11) is 0. The highest BCUT2D eigenvalue weighted by atomic mass is 16.3. The minimum Gasteiger partial charge on any atom is -0.511 e. The lowest BCUT2D eigenvalue weighted by Crippen LogP contribution is -2.41. The van der Waals surface area contributed by atoms with E-state index in [1.54, 1.807) is 6.21 Å². The van der Waals surface area contributed by atoms with Gasteiger partial charge in [-0.05, 0) is 24.2 Å². The second kappa shape index (κ2) is 7.49. The number of hydrogen-bond acceptors (Lipinski definition) is 4. The minimum atomic E-state index is -0.172. The van der Waals surface area contributed by atoms with Crippen LogP contribution in [0.25, 0.3) is 0 Å². The van der Waals surface area contributed by atoms with Crippen molar-refractivity contribution in [1.29, 1.82) is 0 Å². The second-order valence-corrected chi connectivity index (χ2v) is 8.22. The van der Waals surface area contributed by atoms with Crippen molar-refractivity contribution in [3.05, 3.63) is 11.3 Å². The largest absolute Gasteiger partial charge is 0.511 e. The van der Waals surface area contributed by atoms with Crippen molar-refractivity contribution in [1.82, 2.24) is 4.90 Å². The minimum absolute atomic E-state index is 0.0233. The molecule has 0 spiro atoms. The maximum atomic E-state index is 12.1. The standard InChI is InChI=1S/C19H30N2O3/c1-13(2)18(24)21-7-5-14(6-8-21)11-20-12-15-16(22)9-19(3,4)10-17(15)23/h12-14,22H,5-11H2,1-4H3. The Bertz CT molecular complexity index is 553. The van der Waals surface area contributed by atoms with Gasteiger partial charge in [0.15, 0.2) is 5.78 Å². The van der Waals surface area contributed by atoms with Crippen molar-refractivity contribution in [3.8, 4) is 0 Å². The molecule has 2 rings (SSSR count). The van der Waals surface area contributed by atoms with Gasteiger partial charge in [-0.1, -0.05) is 27.7 Å². The van der Waals surface area contributed by atoms with Gasteiger partial charge in [0, 0.05) is 44.6 Å². The highest BCUT2D eigenvalue weighted by Crippen LogP contribution is 2.35. The molecule has 1 fully saturated rings. The Kier molecular flexibility index (Phi) is 5.83. The fourth-order valence-electron chi connectivity index (χ4n) is 3.44. The van der Waals surface area contributed by atoms with Gasteiger partial charge in [0.1, 0.15) is 5.76 Å². The van der Waals surface area contributed by atoms with E-state index in [9.17, 15) is 14.7 Å². The molecule has 1 heterocycles. The summed E-state index contributed by atoms with van der Waals surface area (Å²) in [6.45, 7) is 10.1. The van der Waals surface area contributed by atoms with Crippen LogP contribution in [-0.4, -0.2) is 47.5 Å². The third-order valence-corrected chi connectivity index (χ3v) is 4.90. The second-order valence-electron chi connectivity index (χ2n) is 8.22. The van der Waals surface area contributed by atoms with Gasteiger partial charge in [-0.3, -0.25) is 14.6 Å². The van der Waals surface area contributed by atoms with Gasteiger partial charge in [-0.15, -0.1) is 0 Å². The number of ketones is 1. The molecule has 0 atom stereocenters. The van der Waals surface area contributed by atoms with E-state index in [2.05, 4.69) is 4.99 Å². The van der Waals surface area contributed by atoms with E-state index in [-0.39, 0.29) is 28.8 Å². The van der Waals surface area contributed by atoms with Crippen LogP contribution >= 0.6 is 0 Å². The molecule has 1 N–H and O–H groups in total. The zero-order valence-electron chi connectivity index (χ0n) is 15.3. The normalized spacial score (nSPS) is 22.7. The molecule has 2 aliphatic rings. The molecule has 0 unspecified atom stereocenters. The van der Waals surface area contributed by atoms with Crippen LogP contribution in [0.15, 0.2) is 16.3 Å². The predicted octanol–water partition coefficient (Wildman–Crippen LogP) is 3.15. The summed E-state index contributed by atoms with van der Waals surface area (Å²) in [4.78, 5) is 30.4.